The summed E-state index contributed by atoms with van der Waals surface area (Å²) in [4.78, 5) is 0. The van der Waals surface area contributed by atoms with Crippen LogP contribution >= 0.6 is 0 Å². The van der Waals surface area contributed by atoms with Crippen molar-refractivity contribution in [1.29, 1.82) is 0 Å². The van der Waals surface area contributed by atoms with Gasteiger partial charge in [-0.1, -0.05) is 49.7 Å². The molecule has 2 aromatic carbocycles. The van der Waals surface area contributed by atoms with Gasteiger partial charge in [0.1, 0.15) is 0 Å². The maximum atomic E-state index is 9.75. The van der Waals surface area contributed by atoms with Crippen molar-refractivity contribution in [2.45, 2.75) is 26.7 Å². The molecule has 0 unspecified atom stereocenters. The van der Waals surface area contributed by atoms with Crippen LogP contribution in [0.2, 0.25) is 0 Å². The fourth-order valence-electron chi connectivity index (χ4n) is 1.92. The molecule has 0 nitrogen and oxygen atoms in total. The second-order valence-corrected chi connectivity index (χ2v) is 6.53. The molecule has 0 heterocycles. The van der Waals surface area contributed by atoms with Gasteiger partial charge in [0.2, 0.25) is 0 Å². The third-order valence-electron chi connectivity index (χ3n) is 3.02. The fourth-order valence-corrected chi connectivity index (χ4v) is 2.62. The van der Waals surface area contributed by atoms with E-state index >= 15 is 0 Å². The van der Waals surface area contributed by atoms with E-state index in [9.17, 15) is 17.3 Å². The Bertz CT molecular complexity index is 601. The molecule has 0 amide bonds. The normalized spacial score (nSPS) is 11.1. The lowest BCUT2D eigenvalue weighted by Gasteiger charge is -2.07. The minimum atomic E-state index is -6.00. The standard InChI is InChI=1S/C16H18I.BF4/c1-11(2)13-5-7-14(8-6-13)15-10-12(3)4-9-16(15)17;2-1(3,4)5/h4-11,17H,1-3H3;/q+1;-1. The number of aryl methyl sites for hydroxylation is 1. The Morgan fingerprint density at radius 3 is 1.86 bits per heavy atom. The Kier molecular flexibility index (Phi) is 6.90. The number of rotatable bonds is 2. The first-order valence-electron chi connectivity index (χ1n) is 6.83. The van der Waals surface area contributed by atoms with Gasteiger partial charge in [-0.05, 0) is 36.1 Å². The zero-order valence-corrected chi connectivity index (χ0v) is 14.9. The summed E-state index contributed by atoms with van der Waals surface area (Å²) in [5.41, 5.74) is 5.39. The highest BCUT2D eigenvalue weighted by atomic mass is 127. The van der Waals surface area contributed by atoms with Crippen LogP contribution in [0.5, 0.6) is 0 Å². The van der Waals surface area contributed by atoms with Gasteiger partial charge in [0.05, 0.1) is 0 Å². The van der Waals surface area contributed by atoms with Crippen LogP contribution in [0.15, 0.2) is 42.5 Å². The van der Waals surface area contributed by atoms with Crippen LogP contribution in [0.3, 0.4) is 0 Å². The second-order valence-electron chi connectivity index (χ2n) is 5.27. The summed E-state index contributed by atoms with van der Waals surface area (Å²) in [6.07, 6.45) is 0. The number of hydrogen-bond acceptors (Lipinski definition) is 0. The van der Waals surface area contributed by atoms with Gasteiger partial charge < -0.3 is 17.3 Å². The third kappa shape index (κ3) is 6.81. The Balaban J connectivity index is 0.000000422. The summed E-state index contributed by atoms with van der Waals surface area (Å²) in [5.74, 6) is 0.600. The fraction of sp³-hybridized carbons (Fsp3) is 0.250. The lowest BCUT2D eigenvalue weighted by atomic mass is 9.98. The van der Waals surface area contributed by atoms with Gasteiger partial charge in [-0.3, -0.25) is 0 Å². The molecule has 2 rings (SSSR count). The lowest BCUT2D eigenvalue weighted by molar-refractivity contribution is -0.326. The molecule has 0 saturated heterocycles. The summed E-state index contributed by atoms with van der Waals surface area (Å²) in [7, 11) is -6.00. The van der Waals surface area contributed by atoms with Gasteiger partial charge in [-0.15, -0.1) is 0 Å². The van der Waals surface area contributed by atoms with E-state index in [1.165, 1.54) is 25.8 Å². The SMILES string of the molecule is Cc1ccc([IH+])c(-c2ccc(C(C)C)cc2)c1.F[B-](F)(F)F. The Morgan fingerprint density at radius 2 is 1.41 bits per heavy atom. The zero-order valence-electron chi connectivity index (χ0n) is 12.6. The Hall–Kier alpha value is -1.05. The predicted molar refractivity (Wildman–Crippen MR) is 81.0 cm³/mol. The highest BCUT2D eigenvalue weighted by Gasteiger charge is 2.20. The molecule has 0 spiro atoms. The van der Waals surface area contributed by atoms with Gasteiger partial charge in [0.25, 0.3) is 22.6 Å². The number of benzene rings is 2. The van der Waals surface area contributed by atoms with Crippen LogP contribution < -0.4 is 22.6 Å². The summed E-state index contributed by atoms with van der Waals surface area (Å²) >= 11 is 2.09. The van der Waals surface area contributed by atoms with E-state index < -0.39 is 7.25 Å². The molecule has 2 aromatic rings. The summed E-state index contributed by atoms with van der Waals surface area (Å²) < 4.78 is 40.4. The van der Waals surface area contributed by atoms with Crippen molar-refractivity contribution in [1.82, 2.24) is 0 Å². The van der Waals surface area contributed by atoms with Crippen LogP contribution in [0.1, 0.15) is 30.9 Å². The molecule has 0 aliphatic carbocycles. The highest BCUT2D eigenvalue weighted by molar-refractivity contribution is 6.50. The van der Waals surface area contributed by atoms with Crippen molar-refractivity contribution in [3.8, 4) is 11.1 Å². The van der Waals surface area contributed by atoms with Crippen molar-refractivity contribution >= 4 is 7.25 Å². The van der Waals surface area contributed by atoms with E-state index in [1.54, 1.807) is 0 Å². The number of halogens is 5. The number of hydrogen-bond donors (Lipinski definition) is 0. The van der Waals surface area contributed by atoms with Crippen LogP contribution in [0.4, 0.5) is 17.3 Å². The Morgan fingerprint density at radius 1 is 0.909 bits per heavy atom. The molecular formula is C16H18BF4I. The largest absolute Gasteiger partial charge is 0.673 e. The molecular weight excluding hydrogens is 406 g/mol. The zero-order chi connectivity index (χ0) is 16.9. The third-order valence-corrected chi connectivity index (χ3v) is 4.04. The minimum absolute atomic E-state index is 0.600. The molecule has 0 radical (unpaired) electrons. The topological polar surface area (TPSA) is 0 Å². The monoisotopic (exact) mass is 424 g/mol. The van der Waals surface area contributed by atoms with E-state index in [2.05, 4.69) is 85.8 Å². The summed E-state index contributed by atoms with van der Waals surface area (Å²) in [6, 6.07) is 15.6. The quantitative estimate of drug-likeness (QED) is 0.395. The first-order valence-corrected chi connectivity index (χ1v) is 7.99. The van der Waals surface area contributed by atoms with Crippen molar-refractivity contribution in [2.75, 3.05) is 0 Å². The van der Waals surface area contributed by atoms with Gasteiger partial charge in [0.15, 0.2) is 3.57 Å². The Labute approximate surface area is 142 Å². The second kappa shape index (κ2) is 7.99. The first kappa shape index (κ1) is 19.0. The van der Waals surface area contributed by atoms with Gasteiger partial charge in [-0.25, -0.2) is 0 Å². The van der Waals surface area contributed by atoms with Crippen molar-refractivity contribution < 1.29 is 39.9 Å². The first-order chi connectivity index (χ1) is 10.1. The average molecular weight is 424 g/mol. The van der Waals surface area contributed by atoms with Gasteiger partial charge in [0, 0.05) is 5.56 Å². The van der Waals surface area contributed by atoms with Crippen LogP contribution in [0, 0.1) is 10.5 Å². The average Bonchev–Trinajstić information content (AvgIpc) is 2.40. The van der Waals surface area contributed by atoms with Crippen molar-refractivity contribution in [3.63, 3.8) is 0 Å². The highest BCUT2D eigenvalue weighted by Crippen LogP contribution is 2.23. The van der Waals surface area contributed by atoms with E-state index in [-0.39, 0.29) is 0 Å². The molecule has 0 fully saturated rings. The van der Waals surface area contributed by atoms with Crippen LogP contribution in [-0.2, 0) is 0 Å². The van der Waals surface area contributed by atoms with E-state index in [4.69, 9.17) is 0 Å². The summed E-state index contributed by atoms with van der Waals surface area (Å²) in [6.45, 7) is 6.60. The van der Waals surface area contributed by atoms with Crippen molar-refractivity contribution in [3.05, 3.63) is 57.2 Å². The van der Waals surface area contributed by atoms with Crippen LogP contribution in [-0.4, -0.2) is 7.25 Å². The molecule has 6 heteroatoms. The van der Waals surface area contributed by atoms with Crippen molar-refractivity contribution in [2.24, 2.45) is 0 Å². The smallest absolute Gasteiger partial charge is 0.418 e. The maximum Gasteiger partial charge on any atom is 0.673 e. The van der Waals surface area contributed by atoms with Gasteiger partial charge in [-0.2, -0.15) is 0 Å². The predicted octanol–water partition coefficient (Wildman–Crippen LogP) is 2.54. The van der Waals surface area contributed by atoms with E-state index in [0.717, 1.165) is 0 Å². The molecule has 0 saturated carbocycles. The summed E-state index contributed by atoms with van der Waals surface area (Å²) in [5, 5.41) is 0. The maximum absolute atomic E-state index is 9.75. The van der Waals surface area contributed by atoms with E-state index in [1.807, 2.05) is 0 Å². The molecule has 0 aromatic heterocycles. The molecule has 22 heavy (non-hydrogen) atoms. The molecule has 0 bridgehead atoms. The van der Waals surface area contributed by atoms with Crippen LogP contribution in [0.25, 0.3) is 11.1 Å². The lowest BCUT2D eigenvalue weighted by Crippen LogP contribution is -3.34. The van der Waals surface area contributed by atoms with Gasteiger partial charge >= 0.3 is 7.25 Å². The molecule has 0 aliphatic rings. The molecule has 120 valence electrons. The molecule has 0 atom stereocenters. The molecule has 0 aliphatic heterocycles. The minimum Gasteiger partial charge on any atom is -0.418 e. The van der Waals surface area contributed by atoms with E-state index in [0.29, 0.717) is 5.92 Å². The molecule has 0 N–H and O–H groups in total.